The Bertz CT molecular complexity index is 1010. The van der Waals surface area contributed by atoms with Gasteiger partial charge in [-0.25, -0.2) is 0 Å². The lowest BCUT2D eigenvalue weighted by molar-refractivity contribution is 0.0700. The number of amides is 1. The summed E-state index contributed by atoms with van der Waals surface area (Å²) < 4.78 is 16.2. The van der Waals surface area contributed by atoms with Crippen LogP contribution in [0.2, 0.25) is 0 Å². The fourth-order valence-electron chi connectivity index (χ4n) is 3.56. The molecule has 1 amide bonds. The van der Waals surface area contributed by atoms with Crippen LogP contribution in [0.4, 0.5) is 0 Å². The van der Waals surface area contributed by atoms with Gasteiger partial charge in [0.25, 0.3) is 5.91 Å². The van der Waals surface area contributed by atoms with Crippen LogP contribution in [-0.2, 0) is 0 Å². The van der Waals surface area contributed by atoms with Gasteiger partial charge in [0.05, 0.1) is 25.0 Å². The molecule has 1 aliphatic rings. The van der Waals surface area contributed by atoms with Gasteiger partial charge in [-0.05, 0) is 50.1 Å². The Morgan fingerprint density at radius 2 is 2.03 bits per heavy atom. The number of hydrogen-bond donors (Lipinski definition) is 0. The van der Waals surface area contributed by atoms with Gasteiger partial charge in [-0.2, -0.15) is 4.98 Å². The van der Waals surface area contributed by atoms with Gasteiger partial charge in [0.15, 0.2) is 11.5 Å². The fraction of sp³-hybridized carbons (Fsp3) is 0.381. The molecule has 2 aromatic heterocycles. The Kier molecular flexibility index (Phi) is 5.53. The number of benzene rings is 1. The first kappa shape index (κ1) is 19.4. The summed E-state index contributed by atoms with van der Waals surface area (Å²) in [5.41, 5.74) is 0.787. The van der Waals surface area contributed by atoms with Gasteiger partial charge < -0.3 is 18.9 Å². The third-order valence-corrected chi connectivity index (χ3v) is 6.08. The van der Waals surface area contributed by atoms with Crippen LogP contribution in [0.15, 0.2) is 34.9 Å². The monoisotopic (exact) mass is 413 g/mol. The zero-order valence-corrected chi connectivity index (χ0v) is 17.5. The van der Waals surface area contributed by atoms with Gasteiger partial charge in [0.2, 0.25) is 11.7 Å². The minimum atomic E-state index is 0.0372. The third-order valence-electron chi connectivity index (χ3n) is 5.09. The second-order valence-corrected chi connectivity index (χ2v) is 8.31. The van der Waals surface area contributed by atoms with Crippen molar-refractivity contribution in [3.8, 4) is 22.9 Å². The lowest BCUT2D eigenvalue weighted by Gasteiger charge is -2.30. The average molecular weight is 413 g/mol. The van der Waals surface area contributed by atoms with E-state index < -0.39 is 0 Å². The Balaban J connectivity index is 1.51. The van der Waals surface area contributed by atoms with E-state index in [4.69, 9.17) is 14.0 Å². The van der Waals surface area contributed by atoms with Crippen LogP contribution < -0.4 is 9.47 Å². The number of nitrogens with zero attached hydrogens (tertiary/aromatic N) is 3. The molecule has 1 atom stereocenters. The molecule has 1 aromatic carbocycles. The van der Waals surface area contributed by atoms with E-state index in [-0.39, 0.29) is 11.8 Å². The molecule has 1 saturated heterocycles. The predicted molar refractivity (Wildman–Crippen MR) is 110 cm³/mol. The summed E-state index contributed by atoms with van der Waals surface area (Å²) in [7, 11) is 3.18. The highest BCUT2D eigenvalue weighted by atomic mass is 32.1. The van der Waals surface area contributed by atoms with E-state index in [1.807, 2.05) is 42.2 Å². The molecular weight excluding hydrogens is 390 g/mol. The van der Waals surface area contributed by atoms with E-state index in [0.717, 1.165) is 34.7 Å². The summed E-state index contributed by atoms with van der Waals surface area (Å²) in [5.74, 6) is 2.43. The molecule has 0 aliphatic carbocycles. The highest BCUT2D eigenvalue weighted by Crippen LogP contribution is 2.33. The number of hydrogen-bond acceptors (Lipinski definition) is 7. The zero-order valence-electron chi connectivity index (χ0n) is 16.7. The van der Waals surface area contributed by atoms with Gasteiger partial charge in [-0.1, -0.05) is 5.16 Å². The Morgan fingerprint density at radius 3 is 2.76 bits per heavy atom. The number of methoxy groups -OCH3 is 2. The summed E-state index contributed by atoms with van der Waals surface area (Å²) in [5, 5.41) is 4.14. The van der Waals surface area contributed by atoms with Crippen molar-refractivity contribution in [3.63, 3.8) is 0 Å². The molecule has 3 heterocycles. The van der Waals surface area contributed by atoms with Crippen molar-refractivity contribution < 1.29 is 18.8 Å². The van der Waals surface area contributed by atoms with E-state index >= 15 is 0 Å². The lowest BCUT2D eigenvalue weighted by atomic mass is 9.98. The number of rotatable bonds is 5. The molecule has 4 rings (SSSR count). The van der Waals surface area contributed by atoms with Gasteiger partial charge in [-0.3, -0.25) is 4.79 Å². The average Bonchev–Trinajstić information content (AvgIpc) is 3.42. The molecule has 0 bridgehead atoms. The van der Waals surface area contributed by atoms with E-state index in [2.05, 4.69) is 10.1 Å². The maximum absolute atomic E-state index is 12.8. The number of aryl methyl sites for hydroxylation is 1. The lowest BCUT2D eigenvalue weighted by Crippen LogP contribution is -2.38. The molecule has 152 valence electrons. The highest BCUT2D eigenvalue weighted by molar-refractivity contribution is 7.13. The number of carbonyl (C=O) groups is 1. The maximum atomic E-state index is 12.8. The van der Waals surface area contributed by atoms with E-state index in [1.54, 1.807) is 14.2 Å². The standard InChI is InChI=1S/C21H23N3O4S/c1-13-6-9-18(29-13)21(25)24-10-4-5-15(12-24)20-22-19(23-28-20)14-7-8-16(26-2)17(11-14)27-3/h6-9,11,15H,4-5,10,12H2,1-3H3. The van der Waals surface area contributed by atoms with Crippen molar-refractivity contribution in [1.29, 1.82) is 0 Å². The first-order valence-electron chi connectivity index (χ1n) is 9.50. The molecule has 1 fully saturated rings. The molecule has 1 unspecified atom stereocenters. The minimum absolute atomic E-state index is 0.0372. The number of thiophene rings is 1. The largest absolute Gasteiger partial charge is 0.493 e. The summed E-state index contributed by atoms with van der Waals surface area (Å²) in [6.07, 6.45) is 1.83. The fourth-order valence-corrected chi connectivity index (χ4v) is 4.40. The van der Waals surface area contributed by atoms with E-state index in [1.165, 1.54) is 11.3 Å². The Morgan fingerprint density at radius 1 is 1.21 bits per heavy atom. The van der Waals surface area contributed by atoms with Crippen LogP contribution in [0.5, 0.6) is 11.5 Å². The number of piperidine rings is 1. The summed E-state index contributed by atoms with van der Waals surface area (Å²) in [6.45, 7) is 3.35. The number of likely N-dealkylation sites (tertiary alicyclic amines) is 1. The van der Waals surface area contributed by atoms with Crippen LogP contribution in [0, 0.1) is 6.92 Å². The van der Waals surface area contributed by atoms with Crippen LogP contribution in [0.25, 0.3) is 11.4 Å². The molecule has 1 aliphatic heterocycles. The normalized spacial score (nSPS) is 16.7. The first-order chi connectivity index (χ1) is 14.1. The Labute approximate surface area is 173 Å². The number of carbonyl (C=O) groups excluding carboxylic acids is 1. The Hall–Kier alpha value is -2.87. The van der Waals surface area contributed by atoms with Gasteiger partial charge in [-0.15, -0.1) is 11.3 Å². The zero-order chi connectivity index (χ0) is 20.4. The summed E-state index contributed by atoms with van der Waals surface area (Å²) in [6, 6.07) is 9.38. The second-order valence-electron chi connectivity index (χ2n) is 7.03. The van der Waals surface area contributed by atoms with Crippen molar-refractivity contribution in [2.24, 2.45) is 0 Å². The molecule has 3 aromatic rings. The number of aromatic nitrogens is 2. The van der Waals surface area contributed by atoms with Crippen molar-refractivity contribution in [1.82, 2.24) is 15.0 Å². The second kappa shape index (κ2) is 8.24. The van der Waals surface area contributed by atoms with Gasteiger partial charge >= 0.3 is 0 Å². The van der Waals surface area contributed by atoms with Crippen molar-refractivity contribution in [3.05, 3.63) is 46.0 Å². The maximum Gasteiger partial charge on any atom is 0.263 e. The number of ether oxygens (including phenoxy) is 2. The summed E-state index contributed by atoms with van der Waals surface area (Å²) >= 11 is 1.53. The van der Waals surface area contributed by atoms with Crippen molar-refractivity contribution >= 4 is 17.2 Å². The van der Waals surface area contributed by atoms with Crippen LogP contribution in [-0.4, -0.2) is 48.3 Å². The van der Waals surface area contributed by atoms with E-state index in [0.29, 0.717) is 29.8 Å². The smallest absolute Gasteiger partial charge is 0.263 e. The van der Waals surface area contributed by atoms with Crippen LogP contribution in [0.3, 0.4) is 0 Å². The molecule has 0 spiro atoms. The van der Waals surface area contributed by atoms with Gasteiger partial charge in [0.1, 0.15) is 0 Å². The highest BCUT2D eigenvalue weighted by Gasteiger charge is 2.29. The third kappa shape index (κ3) is 3.98. The van der Waals surface area contributed by atoms with Gasteiger partial charge in [0, 0.05) is 23.5 Å². The van der Waals surface area contributed by atoms with Crippen molar-refractivity contribution in [2.75, 3.05) is 27.3 Å². The molecule has 0 saturated carbocycles. The molecule has 0 radical (unpaired) electrons. The quantitative estimate of drug-likeness (QED) is 0.625. The molecule has 7 nitrogen and oxygen atoms in total. The van der Waals surface area contributed by atoms with Crippen molar-refractivity contribution in [2.45, 2.75) is 25.7 Å². The predicted octanol–water partition coefficient (Wildman–Crippen LogP) is 4.14. The molecular formula is C21H23N3O4S. The van der Waals surface area contributed by atoms with E-state index in [9.17, 15) is 4.79 Å². The summed E-state index contributed by atoms with van der Waals surface area (Å²) in [4.78, 5) is 21.2. The minimum Gasteiger partial charge on any atom is -0.493 e. The van der Waals surface area contributed by atoms with Crippen LogP contribution >= 0.6 is 11.3 Å². The molecule has 8 heteroatoms. The topological polar surface area (TPSA) is 77.7 Å². The molecule has 0 N–H and O–H groups in total. The first-order valence-corrected chi connectivity index (χ1v) is 10.3. The molecule has 29 heavy (non-hydrogen) atoms. The SMILES string of the molecule is COc1ccc(-c2noc(C3CCCN(C(=O)c4ccc(C)s4)C3)n2)cc1OC. The van der Waals surface area contributed by atoms with Crippen LogP contribution in [0.1, 0.15) is 39.2 Å².